The molecule has 0 aliphatic heterocycles. The third-order valence-electron chi connectivity index (χ3n) is 4.23. The molecule has 2 aromatic heterocycles. The maximum absolute atomic E-state index is 13.6. The van der Waals surface area contributed by atoms with Crippen LogP contribution in [0.5, 0.6) is 5.75 Å². The summed E-state index contributed by atoms with van der Waals surface area (Å²) >= 11 is 0. The zero-order valence-corrected chi connectivity index (χ0v) is 15.6. The van der Waals surface area contributed by atoms with Crippen LogP contribution >= 0.6 is 0 Å². The quantitative estimate of drug-likeness (QED) is 0.601. The van der Waals surface area contributed by atoms with Gasteiger partial charge in [-0.1, -0.05) is 0 Å². The first-order valence-corrected chi connectivity index (χ1v) is 8.49. The van der Waals surface area contributed by atoms with Gasteiger partial charge in [-0.15, -0.1) is 0 Å². The summed E-state index contributed by atoms with van der Waals surface area (Å²) in [5.74, 6) is 0.265. The predicted molar refractivity (Wildman–Crippen MR) is 97.5 cm³/mol. The van der Waals surface area contributed by atoms with Crippen LogP contribution in [-0.2, 0) is 6.18 Å². The number of aromatic nitrogens is 3. The average Bonchev–Trinajstić information content (AvgIpc) is 3.08. The Morgan fingerprint density at radius 3 is 2.46 bits per heavy atom. The van der Waals surface area contributed by atoms with Gasteiger partial charge in [0.1, 0.15) is 5.75 Å². The monoisotopic (exact) mass is 392 g/mol. The molecule has 0 unspecified atom stereocenters. The van der Waals surface area contributed by atoms with Gasteiger partial charge in [0.05, 0.1) is 24.6 Å². The van der Waals surface area contributed by atoms with E-state index in [0.29, 0.717) is 22.4 Å². The van der Waals surface area contributed by atoms with Gasteiger partial charge >= 0.3 is 6.18 Å². The number of benzene rings is 1. The summed E-state index contributed by atoms with van der Waals surface area (Å²) in [5, 5.41) is 3.78. The predicted octanol–water partition coefficient (Wildman–Crippen LogP) is 3.56. The molecule has 28 heavy (non-hydrogen) atoms. The number of methoxy groups -OCH3 is 1. The number of Topliss-reactive ketones (excluding diaryl/α,β-unsaturated/α-hetero) is 1. The van der Waals surface area contributed by atoms with Crippen LogP contribution in [0.25, 0.3) is 16.9 Å². The molecule has 3 rings (SSSR count). The molecule has 2 heterocycles. The lowest BCUT2D eigenvalue weighted by atomic mass is 10.1. The van der Waals surface area contributed by atoms with Crippen LogP contribution in [0, 0.1) is 0 Å². The van der Waals surface area contributed by atoms with Crippen LogP contribution in [0.3, 0.4) is 0 Å². The van der Waals surface area contributed by atoms with Gasteiger partial charge in [-0.3, -0.25) is 4.79 Å². The fourth-order valence-corrected chi connectivity index (χ4v) is 2.73. The van der Waals surface area contributed by atoms with Gasteiger partial charge in [0.2, 0.25) is 0 Å². The molecule has 0 atom stereocenters. The van der Waals surface area contributed by atoms with E-state index in [9.17, 15) is 18.0 Å². The molecule has 0 fully saturated rings. The Bertz CT molecular complexity index is 995. The number of ketones is 1. The van der Waals surface area contributed by atoms with Gasteiger partial charge in [0.15, 0.2) is 17.1 Å². The highest BCUT2D eigenvalue weighted by atomic mass is 19.4. The van der Waals surface area contributed by atoms with E-state index in [-0.39, 0.29) is 29.1 Å². The van der Waals surface area contributed by atoms with Crippen molar-refractivity contribution in [2.75, 3.05) is 27.7 Å². The van der Waals surface area contributed by atoms with Crippen LogP contribution in [0.4, 0.5) is 13.2 Å². The molecule has 6 nitrogen and oxygen atoms in total. The third kappa shape index (κ3) is 3.99. The lowest BCUT2D eigenvalue weighted by molar-refractivity contribution is -0.142. The minimum Gasteiger partial charge on any atom is -0.497 e. The second-order valence-electron chi connectivity index (χ2n) is 6.52. The number of ether oxygens (including phenoxy) is 1. The van der Waals surface area contributed by atoms with Crippen molar-refractivity contribution >= 4 is 11.4 Å². The smallest absolute Gasteiger partial charge is 0.433 e. The molecular weight excluding hydrogens is 373 g/mol. The number of alkyl halides is 3. The first-order chi connectivity index (χ1) is 13.2. The number of hydrogen-bond donors (Lipinski definition) is 0. The number of carbonyl (C=O) groups is 1. The summed E-state index contributed by atoms with van der Waals surface area (Å²) in [7, 11) is 5.12. The van der Waals surface area contributed by atoms with E-state index in [0.717, 1.165) is 12.3 Å². The van der Waals surface area contributed by atoms with Gasteiger partial charge in [0.25, 0.3) is 0 Å². The van der Waals surface area contributed by atoms with Crippen molar-refractivity contribution in [2.24, 2.45) is 0 Å². The van der Waals surface area contributed by atoms with Crippen molar-refractivity contribution in [3.63, 3.8) is 0 Å². The summed E-state index contributed by atoms with van der Waals surface area (Å²) in [4.78, 5) is 18.6. The first kappa shape index (κ1) is 19.8. The molecule has 0 saturated heterocycles. The molecule has 0 saturated carbocycles. The number of rotatable bonds is 6. The molecule has 0 radical (unpaired) electrons. The van der Waals surface area contributed by atoms with E-state index in [1.807, 2.05) is 19.0 Å². The van der Waals surface area contributed by atoms with Crippen LogP contribution in [0.2, 0.25) is 0 Å². The molecule has 3 aromatic rings. The molecule has 0 N–H and O–H groups in total. The van der Waals surface area contributed by atoms with Crippen molar-refractivity contribution in [3.05, 3.63) is 47.8 Å². The van der Waals surface area contributed by atoms with E-state index in [1.165, 1.54) is 7.11 Å². The number of carbonyl (C=O) groups excluding carboxylic acids is 1. The van der Waals surface area contributed by atoms with Crippen molar-refractivity contribution in [2.45, 2.75) is 12.6 Å². The Labute approximate surface area is 159 Å². The number of nitrogens with zero attached hydrogens (tertiary/aromatic N) is 4. The van der Waals surface area contributed by atoms with Gasteiger partial charge < -0.3 is 9.64 Å². The second kappa shape index (κ2) is 7.59. The zero-order valence-electron chi connectivity index (χ0n) is 15.6. The zero-order chi connectivity index (χ0) is 20.5. The highest BCUT2D eigenvalue weighted by Gasteiger charge is 2.36. The fourth-order valence-electron chi connectivity index (χ4n) is 2.73. The van der Waals surface area contributed by atoms with Crippen molar-refractivity contribution in [3.8, 4) is 17.0 Å². The molecule has 0 amide bonds. The molecule has 9 heteroatoms. The van der Waals surface area contributed by atoms with Crippen LogP contribution in [0.1, 0.15) is 22.5 Å². The first-order valence-electron chi connectivity index (χ1n) is 8.49. The minimum atomic E-state index is -4.65. The highest BCUT2D eigenvalue weighted by Crippen LogP contribution is 2.33. The number of fused-ring (bicyclic) bond motifs is 1. The summed E-state index contributed by atoms with van der Waals surface area (Å²) in [5.41, 5.74) is -0.451. The van der Waals surface area contributed by atoms with Gasteiger partial charge in [-0.05, 0) is 44.4 Å². The summed E-state index contributed by atoms with van der Waals surface area (Å²) < 4.78 is 46.5. The molecule has 0 aliphatic carbocycles. The van der Waals surface area contributed by atoms with Crippen molar-refractivity contribution in [1.82, 2.24) is 19.5 Å². The molecule has 1 aromatic carbocycles. The SMILES string of the molecule is COc1ccc(-c2cc(C(F)(F)F)n3ncc(C(=O)CCN(C)C)c3n2)cc1. The van der Waals surface area contributed by atoms with Crippen LogP contribution in [-0.4, -0.2) is 53.0 Å². The largest absolute Gasteiger partial charge is 0.497 e. The normalized spacial score (nSPS) is 12.0. The van der Waals surface area contributed by atoms with E-state index in [1.54, 1.807) is 24.3 Å². The molecule has 0 bridgehead atoms. The third-order valence-corrected chi connectivity index (χ3v) is 4.23. The summed E-state index contributed by atoms with van der Waals surface area (Å²) in [6, 6.07) is 7.42. The van der Waals surface area contributed by atoms with Gasteiger partial charge in [0, 0.05) is 18.5 Å². The van der Waals surface area contributed by atoms with Gasteiger partial charge in [-0.25, -0.2) is 9.50 Å². The molecule has 0 spiro atoms. The summed E-state index contributed by atoms with van der Waals surface area (Å²) in [6.07, 6.45) is -3.35. The number of halogens is 3. The minimum absolute atomic E-state index is 0.0720. The highest BCUT2D eigenvalue weighted by molar-refractivity contribution is 6.01. The lowest BCUT2D eigenvalue weighted by Crippen LogP contribution is -2.17. The second-order valence-corrected chi connectivity index (χ2v) is 6.52. The fraction of sp³-hybridized carbons (Fsp3) is 0.316. The van der Waals surface area contributed by atoms with E-state index in [4.69, 9.17) is 4.74 Å². The van der Waals surface area contributed by atoms with Crippen LogP contribution in [0.15, 0.2) is 36.5 Å². The maximum Gasteiger partial charge on any atom is 0.433 e. The van der Waals surface area contributed by atoms with Crippen molar-refractivity contribution in [1.29, 1.82) is 0 Å². The number of hydrogen-bond acceptors (Lipinski definition) is 5. The molecule has 0 aliphatic rings. The molecular formula is C19H19F3N4O2. The topological polar surface area (TPSA) is 59.7 Å². The Hall–Kier alpha value is -2.94. The standard InChI is InChI=1S/C19H19F3N4O2/c1-25(2)9-8-16(27)14-11-23-26-17(19(20,21)22)10-15(24-18(14)26)12-4-6-13(28-3)7-5-12/h4-7,10-11H,8-9H2,1-3H3. The Balaban J connectivity index is 2.14. The van der Waals surface area contributed by atoms with Crippen LogP contribution < -0.4 is 4.74 Å². The Morgan fingerprint density at radius 1 is 1.21 bits per heavy atom. The average molecular weight is 392 g/mol. The van der Waals surface area contributed by atoms with E-state index < -0.39 is 11.9 Å². The Morgan fingerprint density at radius 2 is 1.89 bits per heavy atom. The Kier molecular flexibility index (Phi) is 5.37. The van der Waals surface area contributed by atoms with E-state index >= 15 is 0 Å². The van der Waals surface area contributed by atoms with E-state index in [2.05, 4.69) is 10.1 Å². The lowest BCUT2D eigenvalue weighted by Gasteiger charge is -2.12. The maximum atomic E-state index is 13.6. The summed E-state index contributed by atoms with van der Waals surface area (Å²) in [6.45, 7) is 0.473. The van der Waals surface area contributed by atoms with Gasteiger partial charge in [-0.2, -0.15) is 18.3 Å². The molecule has 148 valence electrons. The van der Waals surface area contributed by atoms with Crippen molar-refractivity contribution < 1.29 is 22.7 Å².